The van der Waals surface area contributed by atoms with Crippen LogP contribution in [0.25, 0.3) is 0 Å². The van der Waals surface area contributed by atoms with Crippen molar-refractivity contribution in [3.05, 3.63) is 0 Å². The highest BCUT2D eigenvalue weighted by Gasteiger charge is 2.31. The second kappa shape index (κ2) is 4.72. The Balaban J connectivity index is 4.40. The Labute approximate surface area is 76.2 Å². The Morgan fingerprint density at radius 2 is 2.15 bits per heavy atom. The predicted molar refractivity (Wildman–Crippen MR) is 46.3 cm³/mol. The summed E-state index contributed by atoms with van der Waals surface area (Å²) in [5.41, 5.74) is 5.14. The zero-order valence-corrected chi connectivity index (χ0v) is 8.40. The maximum Gasteiger partial charge on any atom is 0.345 e. The summed E-state index contributed by atoms with van der Waals surface area (Å²) in [5, 5.41) is 8.52. The first-order valence-corrected chi connectivity index (χ1v) is 5.45. The van der Waals surface area contributed by atoms with Crippen molar-refractivity contribution in [3.63, 3.8) is 0 Å². The van der Waals surface area contributed by atoms with Crippen LogP contribution in [-0.2, 0) is 13.9 Å². The number of hydrogen-bond donors (Lipinski definition) is 3. The van der Waals surface area contributed by atoms with Gasteiger partial charge in [0.05, 0.1) is 0 Å². The van der Waals surface area contributed by atoms with Crippen LogP contribution in [0.2, 0.25) is 0 Å². The van der Waals surface area contributed by atoms with E-state index in [4.69, 9.17) is 15.7 Å². The van der Waals surface area contributed by atoms with Crippen molar-refractivity contribution in [3.8, 4) is 0 Å². The second-order valence-electron chi connectivity index (χ2n) is 2.65. The molecule has 0 fully saturated rings. The molecule has 1 unspecified atom stereocenters. The van der Waals surface area contributed by atoms with Crippen molar-refractivity contribution in [1.29, 1.82) is 0 Å². The van der Waals surface area contributed by atoms with Crippen LogP contribution in [0.15, 0.2) is 0 Å². The van der Waals surface area contributed by atoms with E-state index in [9.17, 15) is 9.36 Å². The summed E-state index contributed by atoms with van der Waals surface area (Å²) in [4.78, 5) is 19.5. The lowest BCUT2D eigenvalue weighted by Gasteiger charge is -2.19. The molecule has 0 amide bonds. The highest BCUT2D eigenvalue weighted by molar-refractivity contribution is 7.53. The molecule has 0 aliphatic rings. The molecule has 0 rings (SSSR count). The summed E-state index contributed by atoms with van der Waals surface area (Å²) in [6, 6.07) is 0. The monoisotopic (exact) mass is 211 g/mol. The molecule has 6 nitrogen and oxygen atoms in total. The van der Waals surface area contributed by atoms with E-state index >= 15 is 0 Å². The summed E-state index contributed by atoms with van der Waals surface area (Å²) < 4.78 is 15.6. The molecule has 0 aromatic rings. The molecule has 0 saturated carbocycles. The van der Waals surface area contributed by atoms with Crippen LogP contribution >= 0.6 is 7.60 Å². The van der Waals surface area contributed by atoms with E-state index in [2.05, 4.69) is 4.52 Å². The summed E-state index contributed by atoms with van der Waals surface area (Å²) in [5.74, 6) is -2.35. The molecule has 0 radical (unpaired) electrons. The van der Waals surface area contributed by atoms with Gasteiger partial charge in [0, 0.05) is 0 Å². The van der Waals surface area contributed by atoms with Gasteiger partial charge in [-0.05, 0) is 13.3 Å². The van der Waals surface area contributed by atoms with Crippen molar-refractivity contribution in [2.24, 2.45) is 5.73 Å². The van der Waals surface area contributed by atoms with E-state index in [1.807, 2.05) is 0 Å². The SMILES string of the molecule is CC[C@@H](OP(=O)(O)[C@@H](C)N)C(=O)O. The van der Waals surface area contributed by atoms with Gasteiger partial charge in [-0.15, -0.1) is 0 Å². The molecule has 0 spiro atoms. The van der Waals surface area contributed by atoms with Gasteiger partial charge in [-0.2, -0.15) is 0 Å². The van der Waals surface area contributed by atoms with Crippen molar-refractivity contribution in [2.45, 2.75) is 32.2 Å². The summed E-state index contributed by atoms with van der Waals surface area (Å²) in [7, 11) is -3.99. The number of nitrogens with two attached hydrogens (primary N) is 1. The summed E-state index contributed by atoms with van der Waals surface area (Å²) >= 11 is 0. The smallest absolute Gasteiger partial charge is 0.345 e. The first kappa shape index (κ1) is 12.6. The van der Waals surface area contributed by atoms with Gasteiger partial charge in [-0.3, -0.25) is 9.09 Å². The second-order valence-corrected chi connectivity index (χ2v) is 4.80. The van der Waals surface area contributed by atoms with E-state index in [0.717, 1.165) is 0 Å². The van der Waals surface area contributed by atoms with Crippen molar-refractivity contribution >= 4 is 13.6 Å². The summed E-state index contributed by atoms with van der Waals surface area (Å²) in [6.45, 7) is 2.83. The topological polar surface area (TPSA) is 110 Å². The highest BCUT2D eigenvalue weighted by atomic mass is 31.2. The van der Waals surface area contributed by atoms with Crippen molar-refractivity contribution < 1.29 is 23.9 Å². The fourth-order valence-corrected chi connectivity index (χ4v) is 1.37. The molecule has 3 atom stereocenters. The first-order valence-electron chi connectivity index (χ1n) is 3.80. The number of aliphatic carboxylic acids is 1. The Bertz CT molecular complexity index is 229. The molecule has 0 aliphatic carbocycles. The fraction of sp³-hybridized carbons (Fsp3) is 0.833. The Morgan fingerprint density at radius 3 is 2.38 bits per heavy atom. The normalized spacial score (nSPS) is 20.3. The third-order valence-corrected chi connectivity index (χ3v) is 3.03. The van der Waals surface area contributed by atoms with Crippen LogP contribution in [0.5, 0.6) is 0 Å². The minimum absolute atomic E-state index is 0.118. The molecule has 4 N–H and O–H groups in total. The average Bonchev–Trinajstić information content (AvgIpc) is 1.99. The lowest BCUT2D eigenvalue weighted by atomic mass is 10.3. The van der Waals surface area contributed by atoms with Gasteiger partial charge in [-0.25, -0.2) is 4.79 Å². The zero-order valence-electron chi connectivity index (χ0n) is 7.51. The van der Waals surface area contributed by atoms with Crippen LogP contribution in [0, 0.1) is 0 Å². The van der Waals surface area contributed by atoms with Gasteiger partial charge in [0.15, 0.2) is 6.10 Å². The minimum Gasteiger partial charge on any atom is -0.479 e. The number of carbonyl (C=O) groups is 1. The van der Waals surface area contributed by atoms with Gasteiger partial charge in [-0.1, -0.05) is 6.92 Å². The maximum atomic E-state index is 11.1. The quantitative estimate of drug-likeness (QED) is 0.566. The molecule has 78 valence electrons. The van der Waals surface area contributed by atoms with E-state index in [1.54, 1.807) is 6.92 Å². The largest absolute Gasteiger partial charge is 0.479 e. The van der Waals surface area contributed by atoms with Crippen LogP contribution in [-0.4, -0.2) is 27.9 Å². The molecule has 0 saturated heterocycles. The highest BCUT2D eigenvalue weighted by Crippen LogP contribution is 2.46. The Morgan fingerprint density at radius 1 is 1.69 bits per heavy atom. The van der Waals surface area contributed by atoms with Gasteiger partial charge in [0.2, 0.25) is 0 Å². The third-order valence-electron chi connectivity index (χ3n) is 1.44. The molecular formula is C6H14NO5P. The Hall–Kier alpha value is -0.420. The number of carboxylic acids is 1. The predicted octanol–water partition coefficient (Wildman–Crippen LogP) is 0.356. The number of hydrogen-bond acceptors (Lipinski definition) is 4. The van der Waals surface area contributed by atoms with Crippen molar-refractivity contribution in [1.82, 2.24) is 0 Å². The van der Waals surface area contributed by atoms with Crippen LogP contribution < -0.4 is 5.73 Å². The minimum atomic E-state index is -3.99. The molecular weight excluding hydrogens is 197 g/mol. The van der Waals surface area contributed by atoms with E-state index in [-0.39, 0.29) is 6.42 Å². The maximum absolute atomic E-state index is 11.1. The zero-order chi connectivity index (χ0) is 10.6. The standard InChI is InChI=1S/C6H14NO5P/c1-3-5(6(8)9)12-13(10,11)4(2)7/h4-5H,3,7H2,1-2H3,(H,8,9)(H,10,11)/t4-,5+/m0/s1. The molecule has 0 heterocycles. The van der Waals surface area contributed by atoms with Gasteiger partial charge >= 0.3 is 13.6 Å². The number of carboxylic acid groups (broad SMARTS) is 1. The van der Waals surface area contributed by atoms with Crippen LogP contribution in [0.4, 0.5) is 0 Å². The molecule has 0 aromatic carbocycles. The molecule has 13 heavy (non-hydrogen) atoms. The Kier molecular flexibility index (Phi) is 4.56. The van der Waals surface area contributed by atoms with Gasteiger partial charge in [0.25, 0.3) is 0 Å². The van der Waals surface area contributed by atoms with E-state index < -0.39 is 25.5 Å². The van der Waals surface area contributed by atoms with Crippen LogP contribution in [0.3, 0.4) is 0 Å². The van der Waals surface area contributed by atoms with Gasteiger partial charge < -0.3 is 15.7 Å². The molecule has 7 heteroatoms. The molecule has 0 aromatic heterocycles. The molecule has 0 bridgehead atoms. The summed E-state index contributed by atoms with van der Waals surface area (Å²) in [6.07, 6.45) is -1.16. The number of rotatable bonds is 5. The lowest BCUT2D eigenvalue weighted by Crippen LogP contribution is -2.26. The first-order chi connectivity index (χ1) is 5.81. The van der Waals surface area contributed by atoms with Gasteiger partial charge in [0.1, 0.15) is 5.78 Å². The lowest BCUT2D eigenvalue weighted by molar-refractivity contribution is -0.145. The fourth-order valence-electron chi connectivity index (χ4n) is 0.573. The average molecular weight is 211 g/mol. The molecule has 0 aliphatic heterocycles. The van der Waals surface area contributed by atoms with E-state index in [1.165, 1.54) is 6.92 Å². The third kappa shape index (κ3) is 3.87. The van der Waals surface area contributed by atoms with Crippen molar-refractivity contribution in [2.75, 3.05) is 0 Å². The van der Waals surface area contributed by atoms with E-state index in [0.29, 0.717) is 0 Å². The van der Waals surface area contributed by atoms with Crippen LogP contribution in [0.1, 0.15) is 20.3 Å².